The summed E-state index contributed by atoms with van der Waals surface area (Å²) in [5, 5.41) is 8.99. The molecule has 0 unspecified atom stereocenters. The number of benzene rings is 8. The Morgan fingerprint density at radius 2 is 1.27 bits per heavy atom. The number of rotatable bonds is 4. The molecule has 2 aliphatic rings. The summed E-state index contributed by atoms with van der Waals surface area (Å²) in [6.45, 7) is 4.75. The third kappa shape index (κ3) is 4.37. The molecular formula is C51H34BN2S. The summed E-state index contributed by atoms with van der Waals surface area (Å²) in [6, 6.07) is 60.6. The lowest BCUT2D eigenvalue weighted by atomic mass is 9.58. The number of nitrogens with zero attached hydrogens (tertiary/aromatic N) is 1. The molecule has 2 nitrogen and oxygen atoms in total. The van der Waals surface area contributed by atoms with Crippen molar-refractivity contribution in [2.45, 2.75) is 19.3 Å². The Hall–Kier alpha value is -6.36. The van der Waals surface area contributed by atoms with Crippen LogP contribution in [-0.4, -0.2) is 11.8 Å². The third-order valence-corrected chi connectivity index (χ3v) is 13.3. The zero-order valence-electron chi connectivity index (χ0n) is 30.5. The largest absolute Gasteiger partial charge is 0.355 e. The molecule has 257 valence electrons. The first-order valence-corrected chi connectivity index (χ1v) is 19.9. The van der Waals surface area contributed by atoms with Crippen LogP contribution in [-0.2, 0) is 5.41 Å². The molecule has 12 rings (SSSR count). The zero-order valence-corrected chi connectivity index (χ0v) is 31.3. The van der Waals surface area contributed by atoms with Gasteiger partial charge in [0.15, 0.2) is 7.28 Å². The van der Waals surface area contributed by atoms with Crippen molar-refractivity contribution in [3.63, 3.8) is 0 Å². The van der Waals surface area contributed by atoms with Gasteiger partial charge in [0.25, 0.3) is 0 Å². The van der Waals surface area contributed by atoms with Crippen LogP contribution in [0.25, 0.3) is 81.0 Å². The van der Waals surface area contributed by atoms with Gasteiger partial charge in [0.1, 0.15) is 0 Å². The second-order valence-corrected chi connectivity index (χ2v) is 16.7. The molecule has 1 radical (unpaired) electrons. The summed E-state index contributed by atoms with van der Waals surface area (Å²) in [5.74, 6) is 0. The maximum Gasteiger partial charge on any atom is 0.197 e. The fourth-order valence-corrected chi connectivity index (χ4v) is 10.8. The van der Waals surface area contributed by atoms with Gasteiger partial charge in [-0.3, -0.25) is 0 Å². The van der Waals surface area contributed by atoms with E-state index in [0.717, 1.165) is 11.4 Å². The molecule has 1 N–H and O–H groups in total. The molecular weight excluding hydrogens is 683 g/mol. The topological polar surface area (TPSA) is 17.0 Å². The summed E-state index contributed by atoms with van der Waals surface area (Å²) in [4.78, 5) is 0. The molecule has 1 aliphatic carbocycles. The van der Waals surface area contributed by atoms with Crippen molar-refractivity contribution in [1.82, 2.24) is 4.57 Å². The van der Waals surface area contributed by atoms with Gasteiger partial charge in [0.2, 0.25) is 0 Å². The van der Waals surface area contributed by atoms with Gasteiger partial charge >= 0.3 is 0 Å². The van der Waals surface area contributed by atoms with E-state index in [0.29, 0.717) is 0 Å². The average molecular weight is 718 g/mol. The minimum Gasteiger partial charge on any atom is -0.355 e. The Kier molecular flexibility index (Phi) is 6.40. The van der Waals surface area contributed by atoms with Gasteiger partial charge in [0.05, 0.1) is 5.52 Å². The zero-order chi connectivity index (χ0) is 36.4. The highest BCUT2D eigenvalue weighted by Gasteiger charge is 2.36. The lowest BCUT2D eigenvalue weighted by Crippen LogP contribution is -2.37. The first-order valence-electron chi connectivity index (χ1n) is 19.1. The normalized spacial score (nSPS) is 13.6. The monoisotopic (exact) mass is 717 g/mol. The maximum atomic E-state index is 3.78. The highest BCUT2D eigenvalue weighted by atomic mass is 32.1. The van der Waals surface area contributed by atoms with Gasteiger partial charge in [-0.15, -0.1) is 11.3 Å². The molecule has 4 heteroatoms. The van der Waals surface area contributed by atoms with Crippen LogP contribution in [0.2, 0.25) is 0 Å². The fourth-order valence-electron chi connectivity index (χ4n) is 9.65. The van der Waals surface area contributed by atoms with Crippen LogP contribution in [0.5, 0.6) is 0 Å². The van der Waals surface area contributed by atoms with E-state index in [1.165, 1.54) is 103 Å². The van der Waals surface area contributed by atoms with Gasteiger partial charge < -0.3 is 9.88 Å². The molecule has 0 saturated carbocycles. The third-order valence-electron chi connectivity index (χ3n) is 12.2. The van der Waals surface area contributed by atoms with Crippen molar-refractivity contribution in [1.29, 1.82) is 0 Å². The quantitative estimate of drug-likeness (QED) is 0.179. The van der Waals surface area contributed by atoms with Crippen LogP contribution in [0, 0.1) is 0 Å². The summed E-state index contributed by atoms with van der Waals surface area (Å²) in [7, 11) is 2.46. The summed E-state index contributed by atoms with van der Waals surface area (Å²) in [5.41, 5.74) is 18.6. The van der Waals surface area contributed by atoms with E-state index in [2.05, 4.69) is 195 Å². The van der Waals surface area contributed by atoms with Crippen molar-refractivity contribution in [3.05, 3.63) is 175 Å². The van der Waals surface area contributed by atoms with Gasteiger partial charge in [-0.1, -0.05) is 129 Å². The number of thiophene rings is 1. The standard InChI is InChI=1S/C51H34BN2S/c1-51(2)40-20-10-6-16-32(40)33-25-24-30(26-41(33)51)37-27-39(34-17-7-11-21-43(34)53-31-14-4-3-5-15-31)49-50-48(37)36-19-8-12-22-44(36)54(50)45-28-38-35-18-9-13-23-46(35)55-47(38)29-42(45)52-49/h3-29,53H,1-2H3. The second-order valence-electron chi connectivity index (χ2n) is 15.6. The van der Waals surface area contributed by atoms with Crippen molar-refractivity contribution in [2.75, 3.05) is 5.32 Å². The Labute approximate surface area is 324 Å². The predicted octanol–water partition coefficient (Wildman–Crippen LogP) is 12.5. The van der Waals surface area contributed by atoms with Crippen LogP contribution < -0.4 is 16.2 Å². The van der Waals surface area contributed by atoms with Crippen molar-refractivity contribution in [3.8, 4) is 39.1 Å². The van der Waals surface area contributed by atoms with E-state index >= 15 is 0 Å². The van der Waals surface area contributed by atoms with Gasteiger partial charge in [-0.2, -0.15) is 0 Å². The number of aromatic nitrogens is 1. The molecule has 0 bridgehead atoms. The minimum atomic E-state index is -0.100. The van der Waals surface area contributed by atoms with E-state index in [1.54, 1.807) is 0 Å². The number of hydrogen-bond acceptors (Lipinski definition) is 2. The Bertz CT molecular complexity index is 3240. The molecule has 0 atom stereocenters. The molecule has 10 aromatic rings. The fraction of sp³-hybridized carbons (Fsp3) is 0.0588. The van der Waals surface area contributed by atoms with Crippen LogP contribution in [0.15, 0.2) is 164 Å². The Balaban J connectivity index is 1.19. The van der Waals surface area contributed by atoms with E-state index in [1.807, 2.05) is 11.3 Å². The number of anilines is 2. The van der Waals surface area contributed by atoms with Gasteiger partial charge in [-0.25, -0.2) is 0 Å². The highest BCUT2D eigenvalue weighted by molar-refractivity contribution is 7.26. The van der Waals surface area contributed by atoms with Crippen molar-refractivity contribution < 1.29 is 0 Å². The maximum absolute atomic E-state index is 3.78. The minimum absolute atomic E-state index is 0.100. The molecule has 2 aromatic heterocycles. The molecule has 55 heavy (non-hydrogen) atoms. The van der Waals surface area contributed by atoms with Crippen LogP contribution in [0.1, 0.15) is 25.0 Å². The van der Waals surface area contributed by atoms with E-state index < -0.39 is 0 Å². The number of fused-ring (bicyclic) bond motifs is 11. The first-order chi connectivity index (χ1) is 27.0. The molecule has 0 amide bonds. The highest BCUT2D eigenvalue weighted by Crippen LogP contribution is 2.51. The number of hydrogen-bond donors (Lipinski definition) is 1. The summed E-state index contributed by atoms with van der Waals surface area (Å²) < 4.78 is 5.21. The smallest absolute Gasteiger partial charge is 0.197 e. The lowest BCUT2D eigenvalue weighted by molar-refractivity contribution is 0.660. The summed E-state index contributed by atoms with van der Waals surface area (Å²) >= 11 is 1.88. The van der Waals surface area contributed by atoms with E-state index in [9.17, 15) is 0 Å². The van der Waals surface area contributed by atoms with Gasteiger partial charge in [-0.05, 0) is 99.0 Å². The summed E-state index contributed by atoms with van der Waals surface area (Å²) in [6.07, 6.45) is 0. The van der Waals surface area contributed by atoms with Crippen LogP contribution in [0.4, 0.5) is 11.4 Å². The molecule has 1 aliphatic heterocycles. The SMILES string of the molecule is CC1(C)c2ccccc2-c2ccc(-c3cc(-c4ccccc4Nc4ccccc4)c4c5c3c3ccccc3n5-c3cc5c(cc3[B]4)sc3ccccc35)cc21. The predicted molar refractivity (Wildman–Crippen MR) is 237 cm³/mol. The Morgan fingerprint density at radius 1 is 0.545 bits per heavy atom. The Morgan fingerprint density at radius 3 is 2.16 bits per heavy atom. The first kappa shape index (κ1) is 31.0. The van der Waals surface area contributed by atoms with Crippen LogP contribution in [0.3, 0.4) is 0 Å². The number of para-hydroxylation sites is 3. The lowest BCUT2D eigenvalue weighted by Gasteiger charge is -2.26. The van der Waals surface area contributed by atoms with Crippen LogP contribution >= 0.6 is 11.3 Å². The molecule has 8 aromatic carbocycles. The second kappa shape index (κ2) is 11.3. The van der Waals surface area contributed by atoms with Crippen molar-refractivity contribution in [2.24, 2.45) is 0 Å². The molecule has 0 saturated heterocycles. The van der Waals surface area contributed by atoms with Crippen molar-refractivity contribution >= 4 is 82.9 Å². The molecule has 3 heterocycles. The van der Waals surface area contributed by atoms with Gasteiger partial charge in [0, 0.05) is 64.5 Å². The average Bonchev–Trinajstić information content (AvgIpc) is 3.84. The van der Waals surface area contributed by atoms with E-state index in [-0.39, 0.29) is 5.41 Å². The number of nitrogens with one attached hydrogen (secondary N) is 1. The molecule has 0 spiro atoms. The van der Waals surface area contributed by atoms with E-state index in [4.69, 9.17) is 0 Å². The molecule has 0 fully saturated rings.